The smallest absolute Gasteiger partial charge is 0.252 e. The summed E-state index contributed by atoms with van der Waals surface area (Å²) in [6, 6.07) is 27.5. The number of rotatable bonds is 5. The molecular formula is C25H21NO3. The van der Waals surface area contributed by atoms with E-state index < -0.39 is 6.04 Å². The second-order valence-corrected chi connectivity index (χ2v) is 6.77. The molecule has 4 rings (SSSR count). The van der Waals surface area contributed by atoms with Crippen molar-refractivity contribution in [1.82, 2.24) is 5.32 Å². The number of amides is 1. The van der Waals surface area contributed by atoms with Crippen LogP contribution in [-0.2, 0) is 0 Å². The van der Waals surface area contributed by atoms with Crippen molar-refractivity contribution in [2.45, 2.75) is 6.04 Å². The fourth-order valence-electron chi connectivity index (χ4n) is 3.53. The molecule has 29 heavy (non-hydrogen) atoms. The fourth-order valence-corrected chi connectivity index (χ4v) is 3.53. The van der Waals surface area contributed by atoms with E-state index in [9.17, 15) is 9.90 Å². The molecule has 1 amide bonds. The Hall–Kier alpha value is -3.79. The molecule has 0 unspecified atom stereocenters. The van der Waals surface area contributed by atoms with Crippen LogP contribution < -0.4 is 10.1 Å². The highest BCUT2D eigenvalue weighted by Gasteiger charge is 2.23. The van der Waals surface area contributed by atoms with Crippen molar-refractivity contribution in [1.29, 1.82) is 0 Å². The zero-order valence-corrected chi connectivity index (χ0v) is 16.0. The number of phenolic OH excluding ortho intramolecular Hbond substituents is 1. The first-order valence-electron chi connectivity index (χ1n) is 9.38. The average Bonchev–Trinajstić information content (AvgIpc) is 2.78. The molecule has 0 aliphatic rings. The van der Waals surface area contributed by atoms with Crippen molar-refractivity contribution in [3.63, 3.8) is 0 Å². The van der Waals surface area contributed by atoms with E-state index in [1.165, 1.54) is 0 Å². The molecule has 4 heteroatoms. The van der Waals surface area contributed by atoms with E-state index in [-0.39, 0.29) is 11.7 Å². The Morgan fingerprint density at radius 2 is 1.66 bits per heavy atom. The van der Waals surface area contributed by atoms with Crippen LogP contribution in [0.15, 0.2) is 91.0 Å². The number of ether oxygens (including phenoxy) is 1. The summed E-state index contributed by atoms with van der Waals surface area (Å²) < 4.78 is 5.24. The van der Waals surface area contributed by atoms with Crippen LogP contribution in [0.5, 0.6) is 11.5 Å². The number of aromatic hydroxyl groups is 1. The predicted molar refractivity (Wildman–Crippen MR) is 114 cm³/mol. The van der Waals surface area contributed by atoms with Gasteiger partial charge in [-0.25, -0.2) is 0 Å². The molecule has 0 fully saturated rings. The second kappa shape index (κ2) is 8.07. The van der Waals surface area contributed by atoms with E-state index in [1.54, 1.807) is 37.4 Å². The maximum absolute atomic E-state index is 13.1. The summed E-state index contributed by atoms with van der Waals surface area (Å²) in [5.74, 6) is 0.510. The summed E-state index contributed by atoms with van der Waals surface area (Å²) in [6.45, 7) is 0. The Kier molecular flexibility index (Phi) is 5.16. The topological polar surface area (TPSA) is 58.6 Å². The van der Waals surface area contributed by atoms with Gasteiger partial charge in [0.1, 0.15) is 11.5 Å². The standard InChI is InChI=1S/C25H21NO3/c1-29-20-12-7-11-19(16-20)25(28)26-24(18-9-3-2-4-10-18)23-21-13-6-5-8-17(21)14-15-22(23)27/h2-16,24,27H,1H3,(H,26,28)/t24-/m1/s1. The molecule has 0 aromatic heterocycles. The minimum Gasteiger partial charge on any atom is -0.508 e. The molecule has 0 spiro atoms. The van der Waals surface area contributed by atoms with Crippen LogP contribution >= 0.6 is 0 Å². The SMILES string of the molecule is COc1cccc(C(=O)N[C@H](c2ccccc2)c2c(O)ccc3ccccc23)c1. The molecule has 0 saturated carbocycles. The van der Waals surface area contributed by atoms with Crippen LogP contribution in [0.3, 0.4) is 0 Å². The Morgan fingerprint density at radius 1 is 0.897 bits per heavy atom. The summed E-state index contributed by atoms with van der Waals surface area (Å²) >= 11 is 0. The molecule has 0 heterocycles. The van der Waals surface area contributed by atoms with Crippen molar-refractivity contribution in [2.24, 2.45) is 0 Å². The second-order valence-electron chi connectivity index (χ2n) is 6.77. The van der Waals surface area contributed by atoms with Gasteiger partial charge in [-0.05, 0) is 40.6 Å². The number of carbonyl (C=O) groups is 1. The number of nitrogens with one attached hydrogen (secondary N) is 1. The lowest BCUT2D eigenvalue weighted by atomic mass is 9.92. The summed E-state index contributed by atoms with van der Waals surface area (Å²) in [6.07, 6.45) is 0. The summed E-state index contributed by atoms with van der Waals surface area (Å²) in [7, 11) is 1.57. The Labute approximate surface area is 169 Å². The Bertz CT molecular complexity index is 1160. The van der Waals surface area contributed by atoms with Gasteiger partial charge in [0.2, 0.25) is 0 Å². The highest BCUT2D eigenvalue weighted by Crippen LogP contribution is 2.36. The molecule has 4 aromatic carbocycles. The minimum absolute atomic E-state index is 0.142. The van der Waals surface area contributed by atoms with E-state index in [0.29, 0.717) is 16.9 Å². The molecule has 0 aliphatic heterocycles. The van der Waals surface area contributed by atoms with Crippen molar-refractivity contribution in [3.8, 4) is 11.5 Å². The molecule has 4 nitrogen and oxygen atoms in total. The maximum Gasteiger partial charge on any atom is 0.252 e. The van der Waals surface area contributed by atoms with Crippen LogP contribution in [0, 0.1) is 0 Å². The minimum atomic E-state index is -0.513. The summed E-state index contributed by atoms with van der Waals surface area (Å²) in [5.41, 5.74) is 2.05. The Morgan fingerprint density at radius 3 is 2.45 bits per heavy atom. The quantitative estimate of drug-likeness (QED) is 0.506. The van der Waals surface area contributed by atoms with Gasteiger partial charge < -0.3 is 15.2 Å². The maximum atomic E-state index is 13.1. The first-order chi connectivity index (χ1) is 14.2. The van der Waals surface area contributed by atoms with Gasteiger partial charge >= 0.3 is 0 Å². The van der Waals surface area contributed by atoms with Gasteiger partial charge in [0.15, 0.2) is 0 Å². The lowest BCUT2D eigenvalue weighted by molar-refractivity contribution is 0.0942. The number of hydrogen-bond donors (Lipinski definition) is 2. The van der Waals surface area contributed by atoms with Crippen LogP contribution in [0.1, 0.15) is 27.5 Å². The zero-order chi connectivity index (χ0) is 20.2. The lowest BCUT2D eigenvalue weighted by Crippen LogP contribution is -2.29. The molecule has 4 aromatic rings. The highest BCUT2D eigenvalue weighted by atomic mass is 16.5. The van der Waals surface area contributed by atoms with Gasteiger partial charge in [-0.1, -0.05) is 66.7 Å². The van der Waals surface area contributed by atoms with Crippen LogP contribution in [0.2, 0.25) is 0 Å². The molecular weight excluding hydrogens is 362 g/mol. The molecule has 0 bridgehead atoms. The first kappa shape index (κ1) is 18.6. The third-order valence-corrected chi connectivity index (χ3v) is 4.98. The van der Waals surface area contributed by atoms with Crippen molar-refractivity contribution in [3.05, 3.63) is 108 Å². The number of benzene rings is 4. The fraction of sp³-hybridized carbons (Fsp3) is 0.0800. The average molecular weight is 383 g/mol. The number of hydrogen-bond acceptors (Lipinski definition) is 3. The summed E-state index contributed by atoms with van der Waals surface area (Å²) in [4.78, 5) is 13.1. The normalized spacial score (nSPS) is 11.8. The van der Waals surface area contributed by atoms with Gasteiger partial charge in [0, 0.05) is 11.1 Å². The van der Waals surface area contributed by atoms with Crippen LogP contribution in [0.25, 0.3) is 10.8 Å². The molecule has 0 radical (unpaired) electrons. The van der Waals surface area contributed by atoms with Gasteiger partial charge in [-0.2, -0.15) is 0 Å². The molecule has 0 aliphatic carbocycles. The molecule has 1 atom stereocenters. The van der Waals surface area contributed by atoms with Gasteiger partial charge in [0.05, 0.1) is 13.2 Å². The third kappa shape index (κ3) is 3.78. The van der Waals surface area contributed by atoms with Crippen LogP contribution in [0.4, 0.5) is 0 Å². The van der Waals surface area contributed by atoms with Crippen molar-refractivity contribution < 1.29 is 14.6 Å². The van der Waals surface area contributed by atoms with E-state index in [0.717, 1.165) is 16.3 Å². The molecule has 0 saturated heterocycles. The van der Waals surface area contributed by atoms with E-state index in [4.69, 9.17) is 4.74 Å². The number of fused-ring (bicyclic) bond motifs is 1. The van der Waals surface area contributed by atoms with E-state index in [1.807, 2.05) is 60.7 Å². The first-order valence-corrected chi connectivity index (χ1v) is 9.38. The van der Waals surface area contributed by atoms with Gasteiger partial charge in [-0.3, -0.25) is 4.79 Å². The van der Waals surface area contributed by atoms with E-state index >= 15 is 0 Å². The van der Waals surface area contributed by atoms with Crippen molar-refractivity contribution in [2.75, 3.05) is 7.11 Å². The van der Waals surface area contributed by atoms with Crippen molar-refractivity contribution >= 4 is 16.7 Å². The zero-order valence-electron chi connectivity index (χ0n) is 16.0. The monoisotopic (exact) mass is 383 g/mol. The van der Waals surface area contributed by atoms with Gasteiger partial charge in [0.25, 0.3) is 5.91 Å². The largest absolute Gasteiger partial charge is 0.508 e. The van der Waals surface area contributed by atoms with Crippen LogP contribution in [-0.4, -0.2) is 18.1 Å². The Balaban J connectivity index is 1.82. The third-order valence-electron chi connectivity index (χ3n) is 4.98. The number of phenols is 1. The van der Waals surface area contributed by atoms with Gasteiger partial charge in [-0.15, -0.1) is 0 Å². The summed E-state index contributed by atoms with van der Waals surface area (Å²) in [5, 5.41) is 15.7. The molecule has 144 valence electrons. The molecule has 2 N–H and O–H groups in total. The number of methoxy groups -OCH3 is 1. The highest BCUT2D eigenvalue weighted by molar-refractivity contribution is 5.96. The predicted octanol–water partition coefficient (Wildman–Crippen LogP) is 5.07. The van der Waals surface area contributed by atoms with E-state index in [2.05, 4.69) is 5.32 Å². The lowest BCUT2D eigenvalue weighted by Gasteiger charge is -2.23. The number of carbonyl (C=O) groups excluding carboxylic acids is 1.